The Labute approximate surface area is 120 Å². The van der Waals surface area contributed by atoms with Crippen molar-refractivity contribution in [2.75, 3.05) is 0 Å². The van der Waals surface area contributed by atoms with E-state index in [1.165, 1.54) is 23.9 Å². The molecule has 104 valence electrons. The Kier molecular flexibility index (Phi) is 4.34. The number of rotatable bonds is 4. The molecule has 0 amide bonds. The Hall–Kier alpha value is -1.95. The fourth-order valence-electron chi connectivity index (χ4n) is 1.70. The van der Waals surface area contributed by atoms with Gasteiger partial charge < -0.3 is 5.11 Å². The molecule has 2 aromatic rings. The maximum atomic E-state index is 13.8. The van der Waals surface area contributed by atoms with Crippen LogP contribution in [-0.2, 0) is 5.75 Å². The highest BCUT2D eigenvalue weighted by Gasteiger charge is 2.09. The topological polar surface area (TPSA) is 63.1 Å². The Morgan fingerprint density at radius 2 is 1.90 bits per heavy atom. The summed E-state index contributed by atoms with van der Waals surface area (Å²) >= 11 is 1.32. The first-order chi connectivity index (χ1) is 9.45. The fourth-order valence-corrected chi connectivity index (χ4v) is 2.63. The lowest BCUT2D eigenvalue weighted by molar-refractivity contribution is 0.0696. The Morgan fingerprint density at radius 1 is 1.25 bits per heavy atom. The molecule has 6 heteroatoms. The van der Waals surface area contributed by atoms with Crippen LogP contribution in [0.4, 0.5) is 4.39 Å². The first kappa shape index (κ1) is 14.5. The van der Waals surface area contributed by atoms with E-state index in [1.807, 2.05) is 19.9 Å². The first-order valence-electron chi connectivity index (χ1n) is 5.92. The minimum atomic E-state index is -1.14. The summed E-state index contributed by atoms with van der Waals surface area (Å²) in [5, 5.41) is 9.36. The average Bonchev–Trinajstić information content (AvgIpc) is 2.36. The summed E-state index contributed by atoms with van der Waals surface area (Å²) in [4.78, 5) is 19.2. The smallest absolute Gasteiger partial charge is 0.335 e. The molecule has 1 aromatic carbocycles. The monoisotopic (exact) mass is 292 g/mol. The van der Waals surface area contributed by atoms with Gasteiger partial charge in [0.25, 0.3) is 0 Å². The maximum Gasteiger partial charge on any atom is 0.335 e. The summed E-state index contributed by atoms with van der Waals surface area (Å²) in [6.45, 7) is 3.75. The molecule has 20 heavy (non-hydrogen) atoms. The zero-order valence-electron chi connectivity index (χ0n) is 11.1. The van der Waals surface area contributed by atoms with Gasteiger partial charge in [0, 0.05) is 17.1 Å². The van der Waals surface area contributed by atoms with Crippen LogP contribution < -0.4 is 0 Å². The first-order valence-corrected chi connectivity index (χ1v) is 6.91. The number of aromatic nitrogens is 2. The second kappa shape index (κ2) is 6.00. The molecular formula is C14H13FN2O2S. The van der Waals surface area contributed by atoms with Crippen molar-refractivity contribution in [3.63, 3.8) is 0 Å². The van der Waals surface area contributed by atoms with Gasteiger partial charge in [0.05, 0.1) is 5.56 Å². The van der Waals surface area contributed by atoms with Gasteiger partial charge in [-0.1, -0.05) is 17.8 Å². The normalized spacial score (nSPS) is 10.6. The van der Waals surface area contributed by atoms with Crippen LogP contribution in [0, 0.1) is 19.7 Å². The molecule has 0 fully saturated rings. The van der Waals surface area contributed by atoms with E-state index in [0.29, 0.717) is 16.5 Å². The number of hydrogen-bond acceptors (Lipinski definition) is 4. The van der Waals surface area contributed by atoms with Crippen LogP contribution in [0.25, 0.3) is 0 Å². The summed E-state index contributed by atoms with van der Waals surface area (Å²) in [6.07, 6.45) is 0. The zero-order chi connectivity index (χ0) is 14.7. The predicted octanol–water partition coefficient (Wildman–Crippen LogP) is 3.22. The summed E-state index contributed by atoms with van der Waals surface area (Å²) in [5.74, 6) is -1.31. The van der Waals surface area contributed by atoms with E-state index in [4.69, 9.17) is 5.11 Å². The van der Waals surface area contributed by atoms with Crippen molar-refractivity contribution in [1.82, 2.24) is 9.97 Å². The van der Waals surface area contributed by atoms with Crippen LogP contribution in [0.5, 0.6) is 0 Å². The molecule has 0 saturated heterocycles. The highest BCUT2D eigenvalue weighted by molar-refractivity contribution is 7.98. The van der Waals surface area contributed by atoms with Gasteiger partial charge in [-0.15, -0.1) is 0 Å². The third kappa shape index (κ3) is 3.54. The van der Waals surface area contributed by atoms with Crippen molar-refractivity contribution in [1.29, 1.82) is 0 Å². The van der Waals surface area contributed by atoms with Crippen molar-refractivity contribution in [2.45, 2.75) is 24.8 Å². The number of carboxylic acids is 1. The Bertz CT molecular complexity index is 641. The second-order valence-corrected chi connectivity index (χ2v) is 5.28. The molecule has 2 rings (SSSR count). The largest absolute Gasteiger partial charge is 0.478 e. The number of thioether (sulfide) groups is 1. The van der Waals surface area contributed by atoms with E-state index in [-0.39, 0.29) is 5.56 Å². The van der Waals surface area contributed by atoms with E-state index < -0.39 is 11.8 Å². The molecule has 4 nitrogen and oxygen atoms in total. The molecule has 0 spiro atoms. The lowest BCUT2D eigenvalue weighted by Crippen LogP contribution is -1.99. The van der Waals surface area contributed by atoms with Gasteiger partial charge in [-0.2, -0.15) is 0 Å². The molecule has 0 bridgehead atoms. The Balaban J connectivity index is 2.12. The second-order valence-electron chi connectivity index (χ2n) is 4.33. The number of halogens is 1. The lowest BCUT2D eigenvalue weighted by atomic mass is 10.1. The number of carboxylic acid groups (broad SMARTS) is 1. The Morgan fingerprint density at radius 3 is 2.45 bits per heavy atom. The molecule has 0 aliphatic carbocycles. The van der Waals surface area contributed by atoms with E-state index in [0.717, 1.165) is 17.5 Å². The van der Waals surface area contributed by atoms with E-state index in [1.54, 1.807) is 0 Å². The van der Waals surface area contributed by atoms with E-state index in [2.05, 4.69) is 9.97 Å². The molecule has 0 unspecified atom stereocenters. The summed E-state index contributed by atoms with van der Waals surface area (Å²) in [5.41, 5.74) is 2.10. The standard InChI is InChI=1S/C14H13FN2O2S/c1-8-5-9(2)17-14(16-8)20-7-11-4-3-10(13(18)19)6-12(11)15/h3-6H,7H2,1-2H3,(H,18,19). The highest BCUT2D eigenvalue weighted by atomic mass is 32.2. The minimum absolute atomic E-state index is 0.0566. The van der Waals surface area contributed by atoms with Gasteiger partial charge in [-0.3, -0.25) is 0 Å². The molecule has 0 saturated carbocycles. The number of nitrogens with zero attached hydrogens (tertiary/aromatic N) is 2. The van der Waals surface area contributed by atoms with Crippen LogP contribution in [0.3, 0.4) is 0 Å². The minimum Gasteiger partial charge on any atom is -0.478 e. The molecule has 1 aromatic heterocycles. The molecule has 0 aliphatic rings. The number of hydrogen-bond donors (Lipinski definition) is 1. The highest BCUT2D eigenvalue weighted by Crippen LogP contribution is 2.22. The lowest BCUT2D eigenvalue weighted by Gasteiger charge is -2.05. The maximum absolute atomic E-state index is 13.8. The summed E-state index contributed by atoms with van der Waals surface area (Å²) < 4.78 is 13.8. The van der Waals surface area contributed by atoms with E-state index >= 15 is 0 Å². The number of aromatic carboxylic acids is 1. The molecule has 0 aliphatic heterocycles. The predicted molar refractivity (Wildman–Crippen MR) is 74.4 cm³/mol. The van der Waals surface area contributed by atoms with Crippen molar-refractivity contribution >= 4 is 17.7 Å². The molecule has 0 atom stereocenters. The molecule has 1 N–H and O–H groups in total. The van der Waals surface area contributed by atoms with Crippen LogP contribution in [-0.4, -0.2) is 21.0 Å². The van der Waals surface area contributed by atoms with Crippen molar-refractivity contribution in [3.8, 4) is 0 Å². The summed E-state index contributed by atoms with van der Waals surface area (Å²) in [7, 11) is 0. The van der Waals surface area contributed by atoms with Crippen LogP contribution >= 0.6 is 11.8 Å². The van der Waals surface area contributed by atoms with Crippen molar-refractivity contribution in [2.24, 2.45) is 0 Å². The van der Waals surface area contributed by atoms with Gasteiger partial charge >= 0.3 is 5.97 Å². The van der Waals surface area contributed by atoms with Crippen molar-refractivity contribution < 1.29 is 14.3 Å². The van der Waals surface area contributed by atoms with Crippen LogP contribution in [0.2, 0.25) is 0 Å². The van der Waals surface area contributed by atoms with E-state index in [9.17, 15) is 9.18 Å². The third-order valence-electron chi connectivity index (χ3n) is 2.62. The number of benzene rings is 1. The van der Waals surface area contributed by atoms with Crippen molar-refractivity contribution in [3.05, 3.63) is 52.6 Å². The fraction of sp³-hybridized carbons (Fsp3) is 0.214. The number of carbonyl (C=O) groups is 1. The van der Waals surface area contributed by atoms with Gasteiger partial charge in [0.15, 0.2) is 5.16 Å². The van der Waals surface area contributed by atoms with Gasteiger partial charge in [0.1, 0.15) is 5.82 Å². The third-order valence-corrected chi connectivity index (χ3v) is 3.51. The summed E-state index contributed by atoms with van der Waals surface area (Å²) in [6, 6.07) is 5.77. The molecule has 1 heterocycles. The zero-order valence-corrected chi connectivity index (χ0v) is 11.9. The molecule has 0 radical (unpaired) electrons. The van der Waals surface area contributed by atoms with Gasteiger partial charge in [-0.25, -0.2) is 19.2 Å². The van der Waals surface area contributed by atoms with Crippen LogP contribution in [0.15, 0.2) is 29.4 Å². The average molecular weight is 292 g/mol. The molecular weight excluding hydrogens is 279 g/mol. The number of aryl methyl sites for hydroxylation is 2. The quantitative estimate of drug-likeness (QED) is 0.692. The van der Waals surface area contributed by atoms with Gasteiger partial charge in [-0.05, 0) is 37.6 Å². The van der Waals surface area contributed by atoms with Gasteiger partial charge in [0.2, 0.25) is 0 Å². The van der Waals surface area contributed by atoms with Crippen LogP contribution in [0.1, 0.15) is 27.3 Å². The SMILES string of the molecule is Cc1cc(C)nc(SCc2ccc(C(=O)O)cc2F)n1.